The van der Waals surface area contributed by atoms with Crippen molar-refractivity contribution in [2.75, 3.05) is 0 Å². The minimum atomic E-state index is -4.36. The molecule has 1 aromatic heterocycles. The Balaban J connectivity index is 0.000000185. The van der Waals surface area contributed by atoms with Gasteiger partial charge in [0.05, 0.1) is 0 Å². The van der Waals surface area contributed by atoms with Crippen molar-refractivity contribution in [2.45, 2.75) is 46.2 Å². The fourth-order valence-electron chi connectivity index (χ4n) is 4.99. The van der Waals surface area contributed by atoms with Crippen LogP contribution in [0.15, 0.2) is 143 Å². The molecular formula is C42H40F3MoN2O-. The maximum atomic E-state index is 12.9. The van der Waals surface area contributed by atoms with E-state index in [1.54, 1.807) is 6.07 Å². The van der Waals surface area contributed by atoms with Crippen LogP contribution in [0.4, 0.5) is 18.9 Å². The Kier molecular flexibility index (Phi) is 13.0. The molecule has 0 unspecified atom stereocenters. The summed E-state index contributed by atoms with van der Waals surface area (Å²) < 4.78 is 45.1. The fraction of sp³-hybridized carbons (Fsp3) is 0.167. The van der Waals surface area contributed by atoms with E-state index in [0.717, 1.165) is 50.8 Å². The molecule has 7 heteroatoms. The summed E-state index contributed by atoms with van der Waals surface area (Å²) in [5, 5.41) is 10.6. The van der Waals surface area contributed by atoms with E-state index in [0.29, 0.717) is 5.75 Å². The van der Waals surface area contributed by atoms with Crippen LogP contribution in [-0.4, -0.2) is 9.51 Å². The SMILES string of the molecule is CC(C)([CH]=[Mo]=[N]c1ccccc1C(F)(F)F)c1ccccc1.Cc1cc(-c2ccccc2)c(O)c(-c2ccccc2)c1.Cc1ccc(C)[n-]1. The van der Waals surface area contributed by atoms with Crippen LogP contribution in [-0.2, 0) is 29.5 Å². The van der Waals surface area contributed by atoms with E-state index in [9.17, 15) is 18.3 Å². The Morgan fingerprint density at radius 3 is 1.53 bits per heavy atom. The molecule has 0 bridgehead atoms. The predicted octanol–water partition coefficient (Wildman–Crippen LogP) is 11.7. The van der Waals surface area contributed by atoms with Crippen LogP contribution in [0.25, 0.3) is 22.3 Å². The van der Waals surface area contributed by atoms with E-state index >= 15 is 0 Å². The first-order valence-corrected chi connectivity index (χ1v) is 17.8. The van der Waals surface area contributed by atoms with Gasteiger partial charge >= 0.3 is 136 Å². The molecule has 6 aromatic rings. The molecule has 0 fully saturated rings. The van der Waals surface area contributed by atoms with E-state index in [1.807, 2.05) is 129 Å². The zero-order valence-corrected chi connectivity index (χ0v) is 30.2. The number of nitrogens with zero attached hydrogens (tertiary/aromatic N) is 2. The Bertz CT molecular complexity index is 1920. The number of alkyl halides is 3. The first-order chi connectivity index (χ1) is 23.3. The molecule has 0 saturated heterocycles. The smallest absolute Gasteiger partial charge is 0.131 e. The van der Waals surface area contributed by atoms with E-state index < -0.39 is 29.7 Å². The predicted molar refractivity (Wildman–Crippen MR) is 192 cm³/mol. The molecule has 252 valence electrons. The Morgan fingerprint density at radius 1 is 0.633 bits per heavy atom. The number of rotatable bonds is 5. The van der Waals surface area contributed by atoms with Gasteiger partial charge in [0.2, 0.25) is 0 Å². The van der Waals surface area contributed by atoms with Crippen LogP contribution in [0, 0.1) is 20.8 Å². The van der Waals surface area contributed by atoms with Gasteiger partial charge in [-0.15, -0.1) is 0 Å². The van der Waals surface area contributed by atoms with Crippen molar-refractivity contribution >= 4 is 10.1 Å². The molecule has 0 aliphatic heterocycles. The van der Waals surface area contributed by atoms with Gasteiger partial charge in [-0.25, -0.2) is 0 Å². The van der Waals surface area contributed by atoms with E-state index in [4.69, 9.17) is 0 Å². The summed E-state index contributed by atoms with van der Waals surface area (Å²) in [4.78, 5) is 4.11. The summed E-state index contributed by atoms with van der Waals surface area (Å²) in [7, 11) is 0. The van der Waals surface area contributed by atoms with E-state index in [-0.39, 0.29) is 11.1 Å². The van der Waals surface area contributed by atoms with Crippen LogP contribution in [0.2, 0.25) is 0 Å². The fourth-order valence-corrected chi connectivity index (χ4v) is 6.77. The molecule has 0 atom stereocenters. The molecule has 5 aromatic carbocycles. The average Bonchev–Trinajstić information content (AvgIpc) is 3.49. The zero-order chi connectivity index (χ0) is 35.4. The Morgan fingerprint density at radius 2 is 1.08 bits per heavy atom. The molecule has 0 spiro atoms. The van der Waals surface area contributed by atoms with Crippen LogP contribution >= 0.6 is 0 Å². The largest absolute Gasteiger partial charge is 0.665 e. The third kappa shape index (κ3) is 10.9. The molecule has 0 aliphatic carbocycles. The van der Waals surface area contributed by atoms with E-state index in [2.05, 4.69) is 33.7 Å². The molecule has 0 aliphatic rings. The van der Waals surface area contributed by atoms with Gasteiger partial charge in [-0.3, -0.25) is 0 Å². The summed E-state index contributed by atoms with van der Waals surface area (Å²) in [6.45, 7) is 10.1. The normalized spacial score (nSPS) is 10.9. The molecule has 6 rings (SSSR count). The van der Waals surface area contributed by atoms with Crippen LogP contribution in [0.5, 0.6) is 5.75 Å². The summed E-state index contributed by atoms with van der Waals surface area (Å²) in [6, 6.07) is 43.4. The molecule has 1 N–H and O–H groups in total. The number of hydrogen-bond acceptors (Lipinski definition) is 2. The molecule has 0 saturated carbocycles. The van der Waals surface area contributed by atoms with Crippen molar-refractivity contribution in [3.63, 3.8) is 0 Å². The summed E-state index contributed by atoms with van der Waals surface area (Å²) in [5.41, 5.74) is 7.50. The van der Waals surface area contributed by atoms with Gasteiger partial charge < -0.3 is 10.1 Å². The van der Waals surface area contributed by atoms with Crippen LogP contribution in [0.1, 0.15) is 41.9 Å². The molecular weight excluding hydrogens is 701 g/mol. The second-order valence-corrected chi connectivity index (χ2v) is 13.6. The van der Waals surface area contributed by atoms with Crippen molar-refractivity contribution in [1.29, 1.82) is 0 Å². The third-order valence-corrected chi connectivity index (χ3v) is 10.0. The third-order valence-electron chi connectivity index (χ3n) is 7.57. The number of aryl methyl sites for hydroxylation is 3. The number of phenolic OH excluding ortho intramolecular Hbond substituents is 1. The average molecular weight is 742 g/mol. The van der Waals surface area contributed by atoms with Gasteiger partial charge in [0.15, 0.2) is 0 Å². The van der Waals surface area contributed by atoms with Gasteiger partial charge in [0, 0.05) is 11.1 Å². The minimum Gasteiger partial charge on any atom is -0.665 e. The van der Waals surface area contributed by atoms with Crippen molar-refractivity contribution in [3.8, 4) is 28.0 Å². The van der Waals surface area contributed by atoms with Crippen LogP contribution in [0.3, 0.4) is 0 Å². The Labute approximate surface area is 295 Å². The Hall–Kier alpha value is -4.67. The maximum absolute atomic E-state index is 12.9. The summed E-state index contributed by atoms with van der Waals surface area (Å²) in [5.74, 6) is 0.341. The van der Waals surface area contributed by atoms with Gasteiger partial charge in [-0.2, -0.15) is 11.4 Å². The van der Waals surface area contributed by atoms with Crippen molar-refractivity contribution in [1.82, 2.24) is 4.98 Å². The number of aromatic hydroxyl groups is 1. The maximum Gasteiger partial charge on any atom is 0.131 e. The first kappa shape index (κ1) is 37.2. The van der Waals surface area contributed by atoms with Gasteiger partial charge in [-0.05, 0) is 35.7 Å². The van der Waals surface area contributed by atoms with Crippen LogP contribution < -0.4 is 4.98 Å². The topological polar surface area (TPSA) is 46.7 Å². The molecule has 3 nitrogen and oxygen atoms in total. The zero-order valence-electron chi connectivity index (χ0n) is 28.2. The van der Waals surface area contributed by atoms with Gasteiger partial charge in [0.1, 0.15) is 5.75 Å². The van der Waals surface area contributed by atoms with Crippen molar-refractivity contribution in [2.24, 2.45) is 3.50 Å². The molecule has 1 heterocycles. The van der Waals surface area contributed by atoms with Gasteiger partial charge in [0.25, 0.3) is 0 Å². The quantitative estimate of drug-likeness (QED) is 0.179. The van der Waals surface area contributed by atoms with Crippen molar-refractivity contribution in [3.05, 3.63) is 168 Å². The standard InChI is InChI=1S/C19H16O.C10H12.C7H4F3N.C6H8N.Mo/c1-14-12-17(15-8-4-2-5-9-15)19(20)18(13-14)16-10-6-3-7-11-16;1-10(2,3)9-7-5-4-6-8-9;8-7(9,10)5-3-1-2-4-6(5)11;1-5-3-4-6(2)7-5;/h2-13,20H,1H3;1,4-8H,2-3H3;1-4H;3-4H,1-2H3;/q;;;-1;. The van der Waals surface area contributed by atoms with Crippen molar-refractivity contribution < 1.29 is 36.2 Å². The monoisotopic (exact) mass is 743 g/mol. The second kappa shape index (κ2) is 17.1. The molecule has 49 heavy (non-hydrogen) atoms. The number of aromatic nitrogens is 1. The number of hydrogen-bond donors (Lipinski definition) is 1. The number of halogens is 3. The second-order valence-electron chi connectivity index (χ2n) is 12.1. The first-order valence-electron chi connectivity index (χ1n) is 15.8. The number of phenols is 1. The molecule has 0 amide bonds. The minimum absolute atomic E-state index is 0.0394. The summed E-state index contributed by atoms with van der Waals surface area (Å²) >= 11 is -1.03. The number of benzene rings is 5. The molecule has 0 radical (unpaired) electrons. The van der Waals surface area contributed by atoms with E-state index in [1.165, 1.54) is 12.1 Å². The summed E-state index contributed by atoms with van der Waals surface area (Å²) in [6.07, 6.45) is -4.36. The van der Waals surface area contributed by atoms with Gasteiger partial charge in [-0.1, -0.05) is 86.6 Å².